The van der Waals surface area contributed by atoms with Crippen molar-refractivity contribution < 1.29 is 0 Å². The Hall–Kier alpha value is -8.98. The summed E-state index contributed by atoms with van der Waals surface area (Å²) < 4.78 is 2.40. The van der Waals surface area contributed by atoms with E-state index in [2.05, 4.69) is 276 Å². The van der Waals surface area contributed by atoms with Gasteiger partial charge < -0.3 is 9.47 Å². The lowest BCUT2D eigenvalue weighted by atomic mass is 9.70. The molecule has 1 spiro atoms. The standard InChI is InChI=1S/C68H46N2/c1-3-16-46(17-4-1)48-30-37-53(38-31-48)69(45-52-20-15-28-64-67(52)59-24-9-13-27-63(59)68(64)61-25-11-7-21-56(61)57-22-8-12-26-62(57)68)54-39-32-50(33-40-54)51-36-43-66-60(44-51)58-23-10-14-29-65(58)70(66)55-41-34-49(35-42-55)47-18-5-2-6-19-47/h1-44H,45H2. The van der Waals surface area contributed by atoms with Gasteiger partial charge in [0.05, 0.1) is 16.4 Å². The Labute approximate surface area is 408 Å². The van der Waals surface area contributed by atoms with Crippen molar-refractivity contribution in [3.63, 3.8) is 0 Å². The largest absolute Gasteiger partial charge is 0.337 e. The zero-order chi connectivity index (χ0) is 46.2. The number of para-hydroxylation sites is 1. The predicted octanol–water partition coefficient (Wildman–Crippen LogP) is 17.5. The number of anilines is 2. The maximum absolute atomic E-state index is 2.50. The fourth-order valence-electron chi connectivity index (χ4n) is 12.0. The quantitative estimate of drug-likeness (QED) is 0.148. The molecule has 0 fully saturated rings. The molecule has 1 aromatic heterocycles. The second-order valence-electron chi connectivity index (χ2n) is 18.8. The van der Waals surface area contributed by atoms with Crippen LogP contribution in [0.1, 0.15) is 27.8 Å². The Morgan fingerprint density at radius 2 is 0.757 bits per heavy atom. The topological polar surface area (TPSA) is 8.17 Å². The van der Waals surface area contributed by atoms with Crippen LogP contribution in [0.4, 0.5) is 11.4 Å². The molecule has 70 heavy (non-hydrogen) atoms. The molecule has 0 amide bonds. The van der Waals surface area contributed by atoms with Gasteiger partial charge in [0.15, 0.2) is 0 Å². The molecule has 11 aromatic carbocycles. The lowest BCUT2D eigenvalue weighted by Gasteiger charge is -2.31. The SMILES string of the molecule is c1ccc(-c2ccc(N(Cc3cccc4c3-c3ccccc3C43c4ccccc4-c4ccccc43)c3ccc(-c4ccc5c(c4)c4ccccc4n5-c4ccc(-c5ccccc5)cc4)cc3)cc2)cc1. The molecule has 0 saturated carbocycles. The first-order chi connectivity index (χ1) is 34.7. The molecule has 328 valence electrons. The lowest BCUT2D eigenvalue weighted by Crippen LogP contribution is -2.26. The Kier molecular flexibility index (Phi) is 9.22. The molecule has 0 bridgehead atoms. The summed E-state index contributed by atoms with van der Waals surface area (Å²) >= 11 is 0. The van der Waals surface area contributed by atoms with E-state index in [0.717, 1.165) is 17.1 Å². The lowest BCUT2D eigenvalue weighted by molar-refractivity contribution is 0.792. The minimum absolute atomic E-state index is 0.390. The summed E-state index contributed by atoms with van der Waals surface area (Å²) in [6, 6.07) is 98.6. The van der Waals surface area contributed by atoms with Crippen molar-refractivity contribution in [3.8, 4) is 61.3 Å². The summed E-state index contributed by atoms with van der Waals surface area (Å²) in [5.74, 6) is 0. The Balaban J connectivity index is 0.867. The molecule has 0 saturated heterocycles. The third-order valence-corrected chi connectivity index (χ3v) is 15.1. The van der Waals surface area contributed by atoms with Crippen molar-refractivity contribution in [2.24, 2.45) is 0 Å². The second kappa shape index (κ2) is 16.1. The van der Waals surface area contributed by atoms with Crippen LogP contribution in [0.3, 0.4) is 0 Å². The summed E-state index contributed by atoms with van der Waals surface area (Å²) in [6.07, 6.45) is 0. The van der Waals surface area contributed by atoms with Gasteiger partial charge in [-0.25, -0.2) is 0 Å². The van der Waals surface area contributed by atoms with Crippen LogP contribution in [0.2, 0.25) is 0 Å². The number of nitrogens with zero attached hydrogens (tertiary/aromatic N) is 2. The highest BCUT2D eigenvalue weighted by atomic mass is 15.1. The summed E-state index contributed by atoms with van der Waals surface area (Å²) in [5, 5.41) is 2.49. The summed E-state index contributed by atoms with van der Waals surface area (Å²) in [7, 11) is 0. The summed E-state index contributed by atoms with van der Waals surface area (Å²) in [6.45, 7) is 0.693. The minimum atomic E-state index is -0.390. The second-order valence-corrected chi connectivity index (χ2v) is 18.8. The molecule has 2 aliphatic carbocycles. The molecule has 0 atom stereocenters. The fraction of sp³-hybridized carbons (Fsp3) is 0.0294. The van der Waals surface area contributed by atoms with E-state index in [-0.39, 0.29) is 5.41 Å². The van der Waals surface area contributed by atoms with Crippen LogP contribution in [0, 0.1) is 0 Å². The number of rotatable bonds is 8. The van der Waals surface area contributed by atoms with Crippen molar-refractivity contribution in [2.45, 2.75) is 12.0 Å². The molecule has 0 aliphatic heterocycles. The van der Waals surface area contributed by atoms with E-state index in [0.29, 0.717) is 6.54 Å². The van der Waals surface area contributed by atoms with Crippen LogP contribution in [0.25, 0.3) is 83.1 Å². The highest BCUT2D eigenvalue weighted by molar-refractivity contribution is 6.10. The molecule has 12 aromatic rings. The zero-order valence-electron chi connectivity index (χ0n) is 38.5. The van der Waals surface area contributed by atoms with Gasteiger partial charge in [-0.1, -0.05) is 212 Å². The van der Waals surface area contributed by atoms with Crippen LogP contribution < -0.4 is 4.90 Å². The smallest absolute Gasteiger partial charge is 0.0725 e. The summed E-state index contributed by atoms with van der Waals surface area (Å²) in [5.41, 5.74) is 24.7. The molecule has 1 heterocycles. The van der Waals surface area contributed by atoms with Crippen LogP contribution >= 0.6 is 0 Å². The number of benzene rings is 11. The molecule has 14 rings (SSSR count). The van der Waals surface area contributed by atoms with Crippen molar-refractivity contribution in [3.05, 3.63) is 295 Å². The molecular weight excluding hydrogens is 845 g/mol. The van der Waals surface area contributed by atoms with E-state index in [1.165, 1.54) is 105 Å². The van der Waals surface area contributed by atoms with Crippen molar-refractivity contribution in [1.82, 2.24) is 4.57 Å². The first kappa shape index (κ1) is 40.1. The molecule has 2 nitrogen and oxygen atoms in total. The molecule has 0 radical (unpaired) electrons. The molecule has 2 aliphatic rings. The van der Waals surface area contributed by atoms with Gasteiger partial charge in [0.25, 0.3) is 0 Å². The Morgan fingerprint density at radius 1 is 0.314 bits per heavy atom. The van der Waals surface area contributed by atoms with Gasteiger partial charge in [-0.3, -0.25) is 0 Å². The van der Waals surface area contributed by atoms with Crippen molar-refractivity contribution in [1.29, 1.82) is 0 Å². The zero-order valence-corrected chi connectivity index (χ0v) is 38.5. The third-order valence-electron chi connectivity index (χ3n) is 15.1. The third kappa shape index (κ3) is 6.13. The van der Waals surface area contributed by atoms with Crippen LogP contribution in [0.15, 0.2) is 267 Å². The van der Waals surface area contributed by atoms with Gasteiger partial charge in [-0.05, 0) is 138 Å². The van der Waals surface area contributed by atoms with Gasteiger partial charge in [0.2, 0.25) is 0 Å². The normalized spacial score (nSPS) is 12.7. The van der Waals surface area contributed by atoms with Crippen LogP contribution in [0.5, 0.6) is 0 Å². The number of fused-ring (bicyclic) bond motifs is 13. The molecule has 2 heteroatoms. The Morgan fingerprint density at radius 3 is 1.37 bits per heavy atom. The van der Waals surface area contributed by atoms with E-state index in [1.54, 1.807) is 0 Å². The molecular formula is C68H46N2. The maximum Gasteiger partial charge on any atom is 0.0725 e. The van der Waals surface area contributed by atoms with Gasteiger partial charge in [0.1, 0.15) is 0 Å². The number of hydrogen-bond donors (Lipinski definition) is 0. The van der Waals surface area contributed by atoms with Gasteiger partial charge >= 0.3 is 0 Å². The molecule has 0 N–H and O–H groups in total. The van der Waals surface area contributed by atoms with E-state index < -0.39 is 0 Å². The van der Waals surface area contributed by atoms with E-state index in [1.807, 2.05) is 0 Å². The first-order valence-corrected chi connectivity index (χ1v) is 24.4. The fourth-order valence-corrected chi connectivity index (χ4v) is 12.0. The predicted molar refractivity (Wildman–Crippen MR) is 292 cm³/mol. The molecule has 0 unspecified atom stereocenters. The summed E-state index contributed by atoms with van der Waals surface area (Å²) in [4.78, 5) is 2.50. The minimum Gasteiger partial charge on any atom is -0.337 e. The van der Waals surface area contributed by atoms with Gasteiger partial charge in [-0.15, -0.1) is 0 Å². The van der Waals surface area contributed by atoms with Gasteiger partial charge in [0, 0.05) is 34.4 Å². The van der Waals surface area contributed by atoms with Gasteiger partial charge in [-0.2, -0.15) is 0 Å². The average Bonchev–Trinajstić information content (AvgIpc) is 4.05. The highest BCUT2D eigenvalue weighted by Gasteiger charge is 2.52. The van der Waals surface area contributed by atoms with Crippen molar-refractivity contribution >= 4 is 33.2 Å². The number of hydrogen-bond acceptors (Lipinski definition) is 1. The average molecular weight is 891 g/mol. The maximum atomic E-state index is 2.50. The van der Waals surface area contributed by atoms with Crippen molar-refractivity contribution in [2.75, 3.05) is 4.90 Å². The van der Waals surface area contributed by atoms with E-state index in [4.69, 9.17) is 0 Å². The van der Waals surface area contributed by atoms with Crippen LogP contribution in [-0.2, 0) is 12.0 Å². The van der Waals surface area contributed by atoms with Crippen LogP contribution in [-0.4, -0.2) is 4.57 Å². The number of aromatic nitrogens is 1. The van der Waals surface area contributed by atoms with E-state index >= 15 is 0 Å². The monoisotopic (exact) mass is 890 g/mol. The first-order valence-electron chi connectivity index (χ1n) is 24.4. The Bertz CT molecular complexity index is 3890. The van der Waals surface area contributed by atoms with E-state index in [9.17, 15) is 0 Å². The highest BCUT2D eigenvalue weighted by Crippen LogP contribution is 2.63.